The first-order chi connectivity index (χ1) is 11.1. The van der Waals surface area contributed by atoms with Crippen LogP contribution in [0.25, 0.3) is 10.9 Å². The van der Waals surface area contributed by atoms with Gasteiger partial charge in [-0.15, -0.1) is 0 Å². The van der Waals surface area contributed by atoms with Crippen molar-refractivity contribution in [1.29, 1.82) is 0 Å². The molecule has 1 aromatic carbocycles. The van der Waals surface area contributed by atoms with E-state index in [1.807, 2.05) is 0 Å². The lowest BCUT2D eigenvalue weighted by atomic mass is 10.0. The number of nitrogens with zero attached hydrogens (tertiary/aromatic N) is 2. The number of aromatic nitrogens is 1. The van der Waals surface area contributed by atoms with Gasteiger partial charge in [-0.3, -0.25) is 9.89 Å². The minimum atomic E-state index is -0.938. The van der Waals surface area contributed by atoms with Gasteiger partial charge < -0.3 is 20.5 Å². The number of aliphatic hydroxyl groups is 1. The highest BCUT2D eigenvalue weighted by molar-refractivity contribution is 5.99. The van der Waals surface area contributed by atoms with Crippen molar-refractivity contribution in [3.63, 3.8) is 0 Å². The maximum Gasteiger partial charge on any atom is 0.335 e. The summed E-state index contributed by atoms with van der Waals surface area (Å²) in [7, 11) is 0. The highest BCUT2D eigenvalue weighted by atomic mass is 16.4. The molecule has 23 heavy (non-hydrogen) atoms. The molecular formula is C16H18N4O3. The molecule has 0 spiro atoms. The summed E-state index contributed by atoms with van der Waals surface area (Å²) in [6.45, 7) is 1.54. The molecule has 1 unspecified atom stereocenters. The van der Waals surface area contributed by atoms with E-state index < -0.39 is 5.97 Å². The van der Waals surface area contributed by atoms with Crippen LogP contribution >= 0.6 is 0 Å². The smallest absolute Gasteiger partial charge is 0.335 e. The topological polar surface area (TPSA) is 101 Å². The molecule has 3 heterocycles. The number of fused-ring (bicyclic) bond motifs is 3. The summed E-state index contributed by atoms with van der Waals surface area (Å²) in [6.07, 6.45) is 2.75. The van der Waals surface area contributed by atoms with Crippen molar-refractivity contribution in [3.8, 4) is 0 Å². The van der Waals surface area contributed by atoms with Gasteiger partial charge in [-0.25, -0.2) is 4.79 Å². The molecule has 7 nitrogen and oxygen atoms in total. The molecule has 0 amide bonds. The first-order valence-electron chi connectivity index (χ1n) is 7.72. The van der Waals surface area contributed by atoms with Crippen molar-refractivity contribution in [3.05, 3.63) is 29.3 Å². The third-order valence-electron chi connectivity index (χ3n) is 4.61. The second-order valence-electron chi connectivity index (χ2n) is 6.04. The van der Waals surface area contributed by atoms with Crippen LogP contribution in [0.2, 0.25) is 0 Å². The molecule has 7 heteroatoms. The fraction of sp³-hybridized carbons (Fsp3) is 0.375. The molecule has 2 aliphatic heterocycles. The lowest BCUT2D eigenvalue weighted by Crippen LogP contribution is -2.38. The van der Waals surface area contributed by atoms with E-state index >= 15 is 0 Å². The largest absolute Gasteiger partial charge is 0.478 e. The molecule has 1 fully saturated rings. The molecule has 2 aromatic rings. The number of hydrogen-bond acceptors (Lipinski definition) is 5. The molecule has 2 aliphatic rings. The van der Waals surface area contributed by atoms with Gasteiger partial charge in [-0.1, -0.05) is 0 Å². The van der Waals surface area contributed by atoms with E-state index in [1.54, 1.807) is 24.5 Å². The first kappa shape index (κ1) is 14.2. The number of benzene rings is 1. The molecule has 120 valence electrons. The van der Waals surface area contributed by atoms with Crippen LogP contribution in [-0.4, -0.2) is 51.6 Å². The number of aliphatic hydroxyl groups excluding tert-OH is 1. The van der Waals surface area contributed by atoms with Crippen LogP contribution < -0.4 is 5.32 Å². The number of anilines is 1. The number of piperidine rings is 1. The Morgan fingerprint density at radius 2 is 2.09 bits per heavy atom. The number of carboxylic acid groups (broad SMARTS) is 1. The van der Waals surface area contributed by atoms with Gasteiger partial charge >= 0.3 is 5.97 Å². The lowest BCUT2D eigenvalue weighted by Gasteiger charge is -2.35. The lowest BCUT2D eigenvalue weighted by molar-refractivity contribution is 0.0626. The number of aromatic carboxylic acids is 1. The van der Waals surface area contributed by atoms with Crippen LogP contribution in [0, 0.1) is 0 Å². The van der Waals surface area contributed by atoms with Crippen LogP contribution in [0.15, 0.2) is 23.2 Å². The highest BCUT2D eigenvalue weighted by Gasteiger charge is 2.30. The first-order valence-corrected chi connectivity index (χ1v) is 7.72. The minimum Gasteiger partial charge on any atom is -0.478 e. The quantitative estimate of drug-likeness (QED) is 0.677. The Kier molecular flexibility index (Phi) is 3.32. The number of carboxylic acids is 1. The zero-order valence-corrected chi connectivity index (χ0v) is 12.5. The molecule has 0 saturated carbocycles. The van der Waals surface area contributed by atoms with Crippen LogP contribution in [0.1, 0.15) is 34.9 Å². The molecule has 1 aromatic heterocycles. The minimum absolute atomic E-state index is 0.156. The Hall–Kier alpha value is -2.38. The zero-order valence-electron chi connectivity index (χ0n) is 12.5. The summed E-state index contributed by atoms with van der Waals surface area (Å²) < 4.78 is 0. The van der Waals surface area contributed by atoms with Gasteiger partial charge in [0.15, 0.2) is 0 Å². The van der Waals surface area contributed by atoms with Gasteiger partial charge in [-0.2, -0.15) is 0 Å². The SMILES string of the molecule is O=C(O)c1ccc2[nH]c3c(c2c1)C(N1CCC(O)CC1)N=CN3. The molecule has 0 radical (unpaired) electrons. The van der Waals surface area contributed by atoms with Crippen molar-refractivity contribution < 1.29 is 15.0 Å². The number of aliphatic imine (C=N–C) groups is 1. The number of rotatable bonds is 2. The molecule has 1 atom stereocenters. The molecular weight excluding hydrogens is 296 g/mol. The van der Waals surface area contributed by atoms with Gasteiger partial charge in [0.2, 0.25) is 0 Å². The average molecular weight is 314 g/mol. The van der Waals surface area contributed by atoms with Gasteiger partial charge in [0.1, 0.15) is 12.0 Å². The second kappa shape index (κ2) is 5.36. The second-order valence-corrected chi connectivity index (χ2v) is 6.04. The summed E-state index contributed by atoms with van der Waals surface area (Å²) in [5.74, 6) is -0.0829. The third kappa shape index (κ3) is 2.38. The van der Waals surface area contributed by atoms with Gasteiger partial charge in [0, 0.05) is 29.6 Å². The normalized spacial score (nSPS) is 22.0. The standard InChI is InChI=1S/C16H18N4O3/c21-10-3-5-20(6-4-10)15-13-11-7-9(16(22)23)1-2-12(11)19-14(13)17-8-18-15/h1-2,7-8,10,15,19,21H,3-6H2,(H,17,18)(H,22,23). The monoisotopic (exact) mass is 314 g/mol. The predicted molar refractivity (Wildman–Crippen MR) is 86.9 cm³/mol. The Balaban J connectivity index is 1.78. The summed E-state index contributed by atoms with van der Waals surface area (Å²) in [4.78, 5) is 21.3. The van der Waals surface area contributed by atoms with Crippen LogP contribution in [0.4, 0.5) is 5.82 Å². The van der Waals surface area contributed by atoms with E-state index in [2.05, 4.69) is 20.2 Å². The molecule has 0 aliphatic carbocycles. The number of aromatic amines is 1. The molecule has 1 saturated heterocycles. The summed E-state index contributed by atoms with van der Waals surface area (Å²) >= 11 is 0. The van der Waals surface area contributed by atoms with E-state index in [-0.39, 0.29) is 17.8 Å². The fourth-order valence-electron chi connectivity index (χ4n) is 3.38. The molecule has 4 rings (SSSR count). The number of H-pyrrole nitrogens is 1. The van der Waals surface area contributed by atoms with E-state index in [4.69, 9.17) is 0 Å². The van der Waals surface area contributed by atoms with Crippen LogP contribution in [-0.2, 0) is 0 Å². The zero-order chi connectivity index (χ0) is 16.0. The summed E-state index contributed by atoms with van der Waals surface area (Å²) in [5, 5.41) is 22.9. The highest BCUT2D eigenvalue weighted by Crippen LogP contribution is 2.38. The van der Waals surface area contributed by atoms with Crippen LogP contribution in [0.3, 0.4) is 0 Å². The maximum absolute atomic E-state index is 11.3. The van der Waals surface area contributed by atoms with E-state index in [1.165, 1.54) is 0 Å². The number of carbonyl (C=O) groups is 1. The maximum atomic E-state index is 11.3. The van der Waals surface area contributed by atoms with Crippen LogP contribution in [0.5, 0.6) is 0 Å². The Labute approximate surface area is 132 Å². The molecule has 0 bridgehead atoms. The Bertz CT molecular complexity index is 790. The third-order valence-corrected chi connectivity index (χ3v) is 4.61. The molecule has 4 N–H and O–H groups in total. The van der Waals surface area contributed by atoms with Gasteiger partial charge in [0.05, 0.1) is 18.0 Å². The Morgan fingerprint density at radius 3 is 2.83 bits per heavy atom. The van der Waals surface area contributed by atoms with Crippen molar-refractivity contribution in [2.24, 2.45) is 4.99 Å². The average Bonchev–Trinajstić information content (AvgIpc) is 2.93. The van der Waals surface area contributed by atoms with Crippen molar-refractivity contribution >= 4 is 29.0 Å². The van der Waals surface area contributed by atoms with Crippen molar-refractivity contribution in [2.75, 3.05) is 18.4 Å². The predicted octanol–water partition coefficient (Wildman–Crippen LogP) is 1.78. The van der Waals surface area contributed by atoms with E-state index in [9.17, 15) is 15.0 Å². The number of nitrogens with one attached hydrogen (secondary N) is 2. The Morgan fingerprint density at radius 1 is 1.30 bits per heavy atom. The summed E-state index contributed by atoms with van der Waals surface area (Å²) in [6, 6.07) is 5.08. The van der Waals surface area contributed by atoms with E-state index in [0.29, 0.717) is 0 Å². The number of likely N-dealkylation sites (tertiary alicyclic amines) is 1. The van der Waals surface area contributed by atoms with Crippen molar-refractivity contribution in [1.82, 2.24) is 9.88 Å². The van der Waals surface area contributed by atoms with Crippen molar-refractivity contribution in [2.45, 2.75) is 25.1 Å². The summed E-state index contributed by atoms with van der Waals surface area (Å²) in [5.41, 5.74) is 2.13. The number of hydrogen-bond donors (Lipinski definition) is 4. The van der Waals surface area contributed by atoms with Gasteiger partial charge in [0.25, 0.3) is 0 Å². The fourth-order valence-corrected chi connectivity index (χ4v) is 3.38. The van der Waals surface area contributed by atoms with E-state index in [0.717, 1.165) is 48.2 Å². The van der Waals surface area contributed by atoms with Gasteiger partial charge in [-0.05, 0) is 31.0 Å².